The highest BCUT2D eigenvalue weighted by Gasteiger charge is 2.30. The van der Waals surface area contributed by atoms with Crippen LogP contribution in [0.1, 0.15) is 62.1 Å². The molecule has 0 aliphatic carbocycles. The summed E-state index contributed by atoms with van der Waals surface area (Å²) in [4.78, 5) is 74.6. The zero-order valence-electron chi connectivity index (χ0n) is 20.7. The summed E-state index contributed by atoms with van der Waals surface area (Å²) in [5.41, 5.74) is -3.45. The van der Waals surface area contributed by atoms with E-state index >= 15 is 0 Å². The van der Waals surface area contributed by atoms with Crippen molar-refractivity contribution in [2.75, 3.05) is 0 Å². The van der Waals surface area contributed by atoms with E-state index < -0.39 is 58.1 Å². The van der Waals surface area contributed by atoms with Crippen LogP contribution in [0.5, 0.6) is 0 Å². The summed E-state index contributed by atoms with van der Waals surface area (Å²) < 4.78 is 5.03. The third-order valence-corrected chi connectivity index (χ3v) is 6.08. The highest BCUT2D eigenvalue weighted by molar-refractivity contribution is 6.16. The fourth-order valence-electron chi connectivity index (χ4n) is 4.35. The van der Waals surface area contributed by atoms with Gasteiger partial charge in [0.15, 0.2) is 0 Å². The second-order valence-electron chi connectivity index (χ2n) is 8.45. The summed E-state index contributed by atoms with van der Waals surface area (Å²) in [6, 6.07) is 18.1. The van der Waals surface area contributed by atoms with E-state index in [1.807, 2.05) is 0 Å². The lowest BCUT2D eigenvalue weighted by atomic mass is 9.91. The second kappa shape index (κ2) is 11.3. The molecule has 4 rings (SSSR count). The number of rotatable bonds is 8. The molecule has 0 aliphatic rings. The van der Waals surface area contributed by atoms with Gasteiger partial charge in [0.2, 0.25) is 0 Å². The number of ether oxygens (including phenoxy) is 1. The molecule has 0 spiro atoms. The van der Waals surface area contributed by atoms with Crippen molar-refractivity contribution in [1.82, 2.24) is 0 Å². The van der Waals surface area contributed by atoms with Gasteiger partial charge in [0.1, 0.15) is 0 Å². The minimum atomic E-state index is -1.58. The Morgan fingerprint density at radius 2 is 0.683 bits per heavy atom. The van der Waals surface area contributed by atoms with Crippen LogP contribution in [-0.4, -0.2) is 56.2 Å². The van der Waals surface area contributed by atoms with Gasteiger partial charge >= 0.3 is 35.8 Å². The molecule has 0 heterocycles. The summed E-state index contributed by atoms with van der Waals surface area (Å²) in [5.74, 6) is -8.90. The highest BCUT2D eigenvalue weighted by Crippen LogP contribution is 2.33. The minimum absolute atomic E-state index is 0.0375. The molecule has 11 heteroatoms. The van der Waals surface area contributed by atoms with Crippen molar-refractivity contribution in [2.24, 2.45) is 0 Å². The Kier molecular flexibility index (Phi) is 7.72. The second-order valence-corrected chi connectivity index (χ2v) is 8.45. The maximum absolute atomic E-state index is 13.4. The first-order valence-corrected chi connectivity index (χ1v) is 11.7. The quantitative estimate of drug-likeness (QED) is 0.172. The molecule has 204 valence electrons. The van der Waals surface area contributed by atoms with Crippen LogP contribution in [-0.2, 0) is 4.74 Å². The number of aromatic carboxylic acids is 4. The third-order valence-electron chi connectivity index (χ3n) is 6.08. The Morgan fingerprint density at radius 3 is 1.02 bits per heavy atom. The largest absolute Gasteiger partial charge is 0.478 e. The van der Waals surface area contributed by atoms with Crippen LogP contribution in [0.2, 0.25) is 0 Å². The molecule has 11 nitrogen and oxygen atoms in total. The number of carboxylic acid groups (broad SMARTS) is 4. The average molecular weight is 554 g/mol. The smallest absolute Gasteiger partial charge is 0.347 e. The fourth-order valence-corrected chi connectivity index (χ4v) is 4.35. The van der Waals surface area contributed by atoms with Crippen molar-refractivity contribution >= 4 is 35.8 Å². The van der Waals surface area contributed by atoms with E-state index in [0.717, 1.165) is 12.1 Å². The maximum Gasteiger partial charge on any atom is 0.347 e. The van der Waals surface area contributed by atoms with Gasteiger partial charge in [-0.2, -0.15) is 0 Å². The van der Waals surface area contributed by atoms with Gasteiger partial charge in [0, 0.05) is 0 Å². The van der Waals surface area contributed by atoms with Gasteiger partial charge in [-0.15, -0.1) is 0 Å². The Morgan fingerprint density at radius 1 is 0.390 bits per heavy atom. The molecule has 0 radical (unpaired) electrons. The summed E-state index contributed by atoms with van der Waals surface area (Å²) in [6.45, 7) is 0. The Balaban J connectivity index is 1.89. The van der Waals surface area contributed by atoms with Crippen molar-refractivity contribution in [3.05, 3.63) is 118 Å². The Bertz CT molecular complexity index is 1640. The first-order valence-electron chi connectivity index (χ1n) is 11.7. The zero-order chi connectivity index (χ0) is 29.8. The molecular formula is C30H18O11. The molecule has 0 aliphatic heterocycles. The Labute approximate surface area is 230 Å². The first kappa shape index (κ1) is 27.9. The molecule has 4 aromatic rings. The summed E-state index contributed by atoms with van der Waals surface area (Å²) in [7, 11) is 0. The van der Waals surface area contributed by atoms with Crippen LogP contribution in [0.15, 0.2) is 84.9 Å². The maximum atomic E-state index is 13.4. The normalized spacial score (nSPS) is 10.4. The number of hydrogen-bond donors (Lipinski definition) is 4. The summed E-state index contributed by atoms with van der Waals surface area (Å²) >= 11 is 0. The van der Waals surface area contributed by atoms with Gasteiger partial charge in [0.05, 0.1) is 33.4 Å². The summed E-state index contributed by atoms with van der Waals surface area (Å²) in [6.07, 6.45) is 0. The molecule has 0 fully saturated rings. The molecule has 0 atom stereocenters. The van der Waals surface area contributed by atoms with Gasteiger partial charge in [0.25, 0.3) is 0 Å². The molecule has 4 N–H and O–H groups in total. The van der Waals surface area contributed by atoms with Gasteiger partial charge < -0.3 is 25.2 Å². The topological polar surface area (TPSA) is 193 Å². The number of benzene rings is 4. The van der Waals surface area contributed by atoms with Gasteiger partial charge in [-0.05, 0) is 46.5 Å². The highest BCUT2D eigenvalue weighted by atomic mass is 16.6. The van der Waals surface area contributed by atoms with Crippen LogP contribution in [0.25, 0.3) is 22.3 Å². The third kappa shape index (κ3) is 5.40. The molecule has 41 heavy (non-hydrogen) atoms. The van der Waals surface area contributed by atoms with Gasteiger partial charge in [-0.25, -0.2) is 28.8 Å². The van der Waals surface area contributed by atoms with Crippen LogP contribution < -0.4 is 0 Å². The number of carbonyl (C=O) groups excluding carboxylic acids is 2. The lowest BCUT2D eigenvalue weighted by Gasteiger charge is -2.16. The lowest BCUT2D eigenvalue weighted by molar-refractivity contribution is 0.0387. The van der Waals surface area contributed by atoms with E-state index in [-0.39, 0.29) is 33.4 Å². The number of esters is 2. The van der Waals surface area contributed by atoms with Crippen LogP contribution >= 0.6 is 0 Å². The molecule has 4 aromatic carbocycles. The molecule has 0 amide bonds. The van der Waals surface area contributed by atoms with Crippen molar-refractivity contribution in [3.63, 3.8) is 0 Å². The van der Waals surface area contributed by atoms with Gasteiger partial charge in [-0.3, -0.25) is 0 Å². The molecule has 0 saturated heterocycles. The molecule has 0 unspecified atom stereocenters. The van der Waals surface area contributed by atoms with E-state index in [1.54, 1.807) is 0 Å². The molecule has 0 aromatic heterocycles. The number of carboxylic acids is 4. The Hall–Kier alpha value is -6.10. The van der Waals surface area contributed by atoms with Crippen LogP contribution in [0, 0.1) is 0 Å². The van der Waals surface area contributed by atoms with Gasteiger partial charge in [-0.1, -0.05) is 60.7 Å². The van der Waals surface area contributed by atoms with E-state index in [9.17, 15) is 49.2 Å². The van der Waals surface area contributed by atoms with E-state index in [2.05, 4.69) is 0 Å². The lowest BCUT2D eigenvalue weighted by Crippen LogP contribution is -2.20. The predicted octanol–water partition coefficient (Wildman–Crippen LogP) is 4.81. The SMILES string of the molecule is O=C(O)c1ccccc1-c1cccc(C(=O)O)c1C(=O)OC(=O)c1c(C(=O)O)cccc1-c1ccccc1C(=O)O. The average Bonchev–Trinajstić information content (AvgIpc) is 2.96. The van der Waals surface area contributed by atoms with E-state index in [0.29, 0.717) is 0 Å². The predicted molar refractivity (Wildman–Crippen MR) is 141 cm³/mol. The van der Waals surface area contributed by atoms with Crippen molar-refractivity contribution in [3.8, 4) is 22.3 Å². The van der Waals surface area contributed by atoms with Crippen molar-refractivity contribution in [2.45, 2.75) is 0 Å². The number of hydrogen-bond acceptors (Lipinski definition) is 7. The monoisotopic (exact) mass is 554 g/mol. The van der Waals surface area contributed by atoms with Crippen LogP contribution in [0.4, 0.5) is 0 Å². The molecule has 0 bridgehead atoms. The van der Waals surface area contributed by atoms with E-state index in [4.69, 9.17) is 4.74 Å². The fraction of sp³-hybridized carbons (Fsp3) is 0. The number of carbonyl (C=O) groups is 6. The van der Waals surface area contributed by atoms with Crippen molar-refractivity contribution < 1.29 is 53.9 Å². The van der Waals surface area contributed by atoms with E-state index in [1.165, 1.54) is 72.8 Å². The first-order chi connectivity index (χ1) is 19.5. The van der Waals surface area contributed by atoms with Crippen LogP contribution in [0.3, 0.4) is 0 Å². The molecular weight excluding hydrogens is 536 g/mol. The summed E-state index contributed by atoms with van der Waals surface area (Å²) in [5, 5.41) is 38.8. The minimum Gasteiger partial charge on any atom is -0.478 e. The molecule has 0 saturated carbocycles. The zero-order valence-corrected chi connectivity index (χ0v) is 20.7. The van der Waals surface area contributed by atoms with Crippen molar-refractivity contribution in [1.29, 1.82) is 0 Å². The standard InChI is InChI=1S/C30H18O11/c31-25(32)19-9-3-1-7-15(19)17-11-5-13-21(27(35)36)23(17)29(39)41-30(40)24-18(12-6-14-22(24)28(37)38)16-8-2-4-10-20(16)26(33)34/h1-14H,(H,31,32)(H,33,34)(H,35,36)(H,37,38).